The van der Waals surface area contributed by atoms with Crippen LogP contribution in [0.5, 0.6) is 0 Å². The van der Waals surface area contributed by atoms with Gasteiger partial charge in [0.2, 0.25) is 0 Å². The van der Waals surface area contributed by atoms with Crippen LogP contribution in [-0.4, -0.2) is 13.1 Å². The van der Waals surface area contributed by atoms with E-state index in [0.717, 1.165) is 12.3 Å². The quantitative estimate of drug-likeness (QED) is 0.423. The van der Waals surface area contributed by atoms with Gasteiger partial charge < -0.3 is 5.32 Å². The van der Waals surface area contributed by atoms with Gasteiger partial charge in [0.25, 0.3) is 0 Å². The summed E-state index contributed by atoms with van der Waals surface area (Å²) in [7, 11) is 2.10. The predicted molar refractivity (Wildman–Crippen MR) is 70.2 cm³/mol. The van der Waals surface area contributed by atoms with Crippen LogP contribution < -0.4 is 5.32 Å². The molecular weight excluding hydrogens is 182 g/mol. The Hall–Kier alpha value is -0.300. The molecule has 0 spiro atoms. The molecule has 0 saturated heterocycles. The van der Waals surface area contributed by atoms with Crippen LogP contribution >= 0.6 is 0 Å². The van der Waals surface area contributed by atoms with Crippen molar-refractivity contribution in [3.05, 3.63) is 12.7 Å². The molecule has 2 unspecified atom stereocenters. The molecular formula is C14H29N. The normalized spacial score (nSPS) is 14.9. The van der Waals surface area contributed by atoms with Crippen LogP contribution in [0.15, 0.2) is 12.7 Å². The Labute approximate surface area is 96.3 Å². The van der Waals surface area contributed by atoms with Crippen molar-refractivity contribution < 1.29 is 0 Å². The summed E-state index contributed by atoms with van der Waals surface area (Å²) >= 11 is 0. The standard InChI is InChI=1S/C14H29N/c1-5-8-10-12-14(15-4)13(7-3)11-9-6-2/h5,13-15H,1,6-12H2,2-4H3. The first-order valence-corrected chi connectivity index (χ1v) is 6.58. The van der Waals surface area contributed by atoms with Crippen LogP contribution in [0.4, 0.5) is 0 Å². The molecule has 0 aliphatic rings. The van der Waals surface area contributed by atoms with Gasteiger partial charge in [0.15, 0.2) is 0 Å². The van der Waals surface area contributed by atoms with Crippen LogP contribution in [0.1, 0.15) is 58.8 Å². The highest BCUT2D eigenvalue weighted by Gasteiger charge is 2.16. The molecule has 1 N–H and O–H groups in total. The van der Waals surface area contributed by atoms with Gasteiger partial charge in [0, 0.05) is 6.04 Å². The van der Waals surface area contributed by atoms with Crippen molar-refractivity contribution >= 4 is 0 Å². The molecule has 2 atom stereocenters. The van der Waals surface area contributed by atoms with Gasteiger partial charge in [0.05, 0.1) is 0 Å². The van der Waals surface area contributed by atoms with Gasteiger partial charge in [-0.25, -0.2) is 0 Å². The maximum Gasteiger partial charge on any atom is 0.00923 e. The summed E-state index contributed by atoms with van der Waals surface area (Å²) < 4.78 is 0. The van der Waals surface area contributed by atoms with Crippen molar-refractivity contribution in [1.82, 2.24) is 5.32 Å². The Morgan fingerprint density at radius 2 is 1.93 bits per heavy atom. The van der Waals surface area contributed by atoms with Crippen LogP contribution in [0, 0.1) is 5.92 Å². The Morgan fingerprint density at radius 1 is 1.20 bits per heavy atom. The maximum absolute atomic E-state index is 3.78. The van der Waals surface area contributed by atoms with E-state index >= 15 is 0 Å². The van der Waals surface area contributed by atoms with Gasteiger partial charge in [0.1, 0.15) is 0 Å². The summed E-state index contributed by atoms with van der Waals surface area (Å²) in [5, 5.41) is 3.49. The van der Waals surface area contributed by atoms with Gasteiger partial charge in [-0.3, -0.25) is 0 Å². The molecule has 15 heavy (non-hydrogen) atoms. The number of unbranched alkanes of at least 4 members (excludes halogenated alkanes) is 2. The van der Waals surface area contributed by atoms with E-state index in [1.165, 1.54) is 38.5 Å². The summed E-state index contributed by atoms with van der Waals surface area (Å²) in [5.41, 5.74) is 0. The summed E-state index contributed by atoms with van der Waals surface area (Å²) in [5.74, 6) is 0.861. The van der Waals surface area contributed by atoms with Gasteiger partial charge >= 0.3 is 0 Å². The Morgan fingerprint density at radius 3 is 2.40 bits per heavy atom. The number of hydrogen-bond acceptors (Lipinski definition) is 1. The fourth-order valence-corrected chi connectivity index (χ4v) is 2.25. The summed E-state index contributed by atoms with van der Waals surface area (Å²) in [4.78, 5) is 0. The van der Waals surface area contributed by atoms with Crippen LogP contribution in [0.3, 0.4) is 0 Å². The lowest BCUT2D eigenvalue weighted by molar-refractivity contribution is 0.313. The summed E-state index contributed by atoms with van der Waals surface area (Å²) in [6.07, 6.45) is 11.1. The van der Waals surface area contributed by atoms with Crippen molar-refractivity contribution in [2.75, 3.05) is 7.05 Å². The van der Waals surface area contributed by atoms with Crippen molar-refractivity contribution in [3.63, 3.8) is 0 Å². The minimum atomic E-state index is 0.710. The lowest BCUT2D eigenvalue weighted by Crippen LogP contribution is -2.33. The van der Waals surface area contributed by atoms with E-state index in [-0.39, 0.29) is 0 Å². The van der Waals surface area contributed by atoms with Gasteiger partial charge in [-0.15, -0.1) is 6.58 Å². The number of allylic oxidation sites excluding steroid dienone is 1. The van der Waals surface area contributed by atoms with Gasteiger partial charge in [-0.2, -0.15) is 0 Å². The van der Waals surface area contributed by atoms with E-state index in [9.17, 15) is 0 Å². The van der Waals surface area contributed by atoms with E-state index in [1.54, 1.807) is 0 Å². The van der Waals surface area contributed by atoms with Crippen molar-refractivity contribution in [1.29, 1.82) is 0 Å². The van der Waals surface area contributed by atoms with Gasteiger partial charge in [-0.05, 0) is 38.6 Å². The number of rotatable bonds is 10. The molecule has 0 amide bonds. The molecule has 90 valence electrons. The minimum absolute atomic E-state index is 0.710. The molecule has 0 aromatic rings. The molecule has 0 aliphatic carbocycles. The molecule has 0 heterocycles. The van der Waals surface area contributed by atoms with Crippen molar-refractivity contribution in [2.45, 2.75) is 64.8 Å². The molecule has 1 heteroatoms. The Bertz CT molecular complexity index is 142. The molecule has 0 saturated carbocycles. The smallest absolute Gasteiger partial charge is 0.00923 e. The van der Waals surface area contributed by atoms with Crippen LogP contribution in [0.25, 0.3) is 0 Å². The topological polar surface area (TPSA) is 12.0 Å². The monoisotopic (exact) mass is 211 g/mol. The average Bonchev–Trinajstić information content (AvgIpc) is 2.27. The Kier molecular flexibility index (Phi) is 10.0. The number of hydrogen-bond donors (Lipinski definition) is 1. The van der Waals surface area contributed by atoms with Gasteiger partial charge in [-0.1, -0.05) is 39.2 Å². The number of nitrogens with one attached hydrogen (secondary N) is 1. The molecule has 0 aliphatic heterocycles. The van der Waals surface area contributed by atoms with E-state index in [0.29, 0.717) is 6.04 Å². The lowest BCUT2D eigenvalue weighted by atomic mass is 9.88. The third-order valence-corrected chi connectivity index (χ3v) is 3.32. The molecule has 1 nitrogen and oxygen atoms in total. The second-order valence-corrected chi connectivity index (χ2v) is 4.43. The molecule has 0 bridgehead atoms. The predicted octanol–water partition coefficient (Wildman–Crippen LogP) is 4.15. The molecule has 0 aromatic heterocycles. The first kappa shape index (κ1) is 14.7. The summed E-state index contributed by atoms with van der Waals surface area (Å²) in [6.45, 7) is 8.37. The third-order valence-electron chi connectivity index (χ3n) is 3.32. The summed E-state index contributed by atoms with van der Waals surface area (Å²) in [6, 6.07) is 0.710. The highest BCUT2D eigenvalue weighted by molar-refractivity contribution is 4.76. The Balaban J connectivity index is 3.90. The zero-order valence-electron chi connectivity index (χ0n) is 10.9. The van der Waals surface area contributed by atoms with E-state index in [4.69, 9.17) is 0 Å². The molecule has 0 radical (unpaired) electrons. The second kappa shape index (κ2) is 10.2. The third kappa shape index (κ3) is 6.72. The van der Waals surface area contributed by atoms with E-state index < -0.39 is 0 Å². The first-order chi connectivity index (χ1) is 7.29. The zero-order valence-corrected chi connectivity index (χ0v) is 10.9. The molecule has 0 fully saturated rings. The largest absolute Gasteiger partial charge is 0.317 e. The van der Waals surface area contributed by atoms with Crippen molar-refractivity contribution in [3.8, 4) is 0 Å². The fraction of sp³-hybridized carbons (Fsp3) is 0.857. The van der Waals surface area contributed by atoms with Crippen LogP contribution in [-0.2, 0) is 0 Å². The van der Waals surface area contributed by atoms with E-state index in [2.05, 4.69) is 32.8 Å². The second-order valence-electron chi connectivity index (χ2n) is 4.43. The van der Waals surface area contributed by atoms with Crippen LogP contribution in [0.2, 0.25) is 0 Å². The average molecular weight is 211 g/mol. The maximum atomic E-state index is 3.78. The first-order valence-electron chi connectivity index (χ1n) is 6.58. The SMILES string of the molecule is C=CCCCC(NC)C(CC)CCCC. The highest BCUT2D eigenvalue weighted by Crippen LogP contribution is 2.20. The van der Waals surface area contributed by atoms with Crippen molar-refractivity contribution in [2.24, 2.45) is 5.92 Å². The highest BCUT2D eigenvalue weighted by atomic mass is 14.9. The zero-order chi connectivity index (χ0) is 11.5. The lowest BCUT2D eigenvalue weighted by Gasteiger charge is -2.25. The molecule has 0 aromatic carbocycles. The van der Waals surface area contributed by atoms with E-state index in [1.807, 2.05) is 6.08 Å². The molecule has 0 rings (SSSR count). The minimum Gasteiger partial charge on any atom is -0.317 e. The fourth-order valence-electron chi connectivity index (χ4n) is 2.25.